The predicted molar refractivity (Wildman–Crippen MR) is 41.6 cm³/mol. The molecule has 1 aromatic rings. The monoisotopic (exact) mass is 239 g/mol. The van der Waals surface area contributed by atoms with Crippen LogP contribution in [-0.4, -0.2) is 4.98 Å². The van der Waals surface area contributed by atoms with Gasteiger partial charge in [0, 0.05) is 11.8 Å². The van der Waals surface area contributed by atoms with E-state index in [9.17, 15) is 13.2 Å². The van der Waals surface area contributed by atoms with Gasteiger partial charge < -0.3 is 0 Å². The summed E-state index contributed by atoms with van der Waals surface area (Å²) >= 11 is 2.93. The number of nitrogens with zero attached hydrogens (tertiary/aromatic N) is 1. The highest BCUT2D eigenvalue weighted by Gasteiger charge is 2.16. The summed E-state index contributed by atoms with van der Waals surface area (Å²) < 4.78 is 37.3. The number of pyridine rings is 1. The number of hydrogen-bond acceptors (Lipinski definition) is 1. The van der Waals surface area contributed by atoms with Crippen LogP contribution >= 0.6 is 15.9 Å². The van der Waals surface area contributed by atoms with Crippen LogP contribution in [0.3, 0.4) is 0 Å². The Hall–Kier alpha value is -0.580. The summed E-state index contributed by atoms with van der Waals surface area (Å²) in [7, 11) is 0. The van der Waals surface area contributed by atoms with Crippen molar-refractivity contribution in [2.45, 2.75) is 13.3 Å². The van der Waals surface area contributed by atoms with Crippen molar-refractivity contribution in [3.8, 4) is 0 Å². The largest absolute Gasteiger partial charge is 0.268 e. The zero-order valence-electron chi connectivity index (χ0n) is 6.11. The van der Waals surface area contributed by atoms with Gasteiger partial charge in [-0.15, -0.1) is 0 Å². The topological polar surface area (TPSA) is 12.9 Å². The molecule has 0 spiro atoms. The zero-order valence-corrected chi connectivity index (χ0v) is 7.70. The average Bonchev–Trinajstić information content (AvgIpc) is 2.00. The van der Waals surface area contributed by atoms with Crippen LogP contribution in [0.2, 0.25) is 0 Å². The smallest absolute Gasteiger partial charge is 0.248 e. The van der Waals surface area contributed by atoms with Gasteiger partial charge in [-0.2, -0.15) is 0 Å². The maximum atomic E-state index is 13.0. The molecule has 66 valence electrons. The molecule has 0 fully saturated rings. The van der Waals surface area contributed by atoms with Gasteiger partial charge in [0.05, 0.1) is 5.56 Å². The molecule has 5 heteroatoms. The molecule has 0 bridgehead atoms. The molecule has 0 aliphatic rings. The van der Waals surface area contributed by atoms with E-state index in [-0.39, 0.29) is 10.2 Å². The highest BCUT2D eigenvalue weighted by Crippen LogP contribution is 2.26. The molecule has 0 aliphatic carbocycles. The van der Waals surface area contributed by atoms with E-state index in [1.165, 1.54) is 6.92 Å². The van der Waals surface area contributed by atoms with Crippen LogP contribution < -0.4 is 0 Å². The van der Waals surface area contributed by atoms with E-state index in [4.69, 9.17) is 0 Å². The Morgan fingerprint density at radius 1 is 1.50 bits per heavy atom. The van der Waals surface area contributed by atoms with Gasteiger partial charge in [-0.1, -0.05) is 0 Å². The van der Waals surface area contributed by atoms with Crippen molar-refractivity contribution in [3.63, 3.8) is 0 Å². The molecular formula is C7H5BrF3N. The lowest BCUT2D eigenvalue weighted by molar-refractivity contribution is 0.145. The second-order valence-electron chi connectivity index (χ2n) is 2.24. The minimum absolute atomic E-state index is 0.104. The van der Waals surface area contributed by atoms with Gasteiger partial charge in [0.2, 0.25) is 0 Å². The van der Waals surface area contributed by atoms with Crippen molar-refractivity contribution in [2.75, 3.05) is 0 Å². The summed E-state index contributed by atoms with van der Waals surface area (Å²) in [5.41, 5.74) is -0.552. The molecule has 0 saturated carbocycles. The van der Waals surface area contributed by atoms with Crippen LogP contribution in [0.4, 0.5) is 13.2 Å². The number of rotatable bonds is 1. The number of alkyl halides is 2. The summed E-state index contributed by atoms with van der Waals surface area (Å²) in [6.45, 7) is 1.39. The molecule has 1 aromatic heterocycles. The molecule has 1 nitrogen and oxygen atoms in total. The summed E-state index contributed by atoms with van der Waals surface area (Å²) in [6.07, 6.45) is -1.99. The third-order valence-corrected chi connectivity index (χ3v) is 2.24. The minimum Gasteiger partial charge on any atom is -0.248 e. The Morgan fingerprint density at radius 2 is 2.08 bits per heavy atom. The van der Waals surface area contributed by atoms with Gasteiger partial charge in [-0.25, -0.2) is 18.2 Å². The molecule has 0 atom stereocenters. The van der Waals surface area contributed by atoms with Crippen LogP contribution in [0, 0.1) is 12.7 Å². The molecule has 0 amide bonds. The molecule has 0 N–H and O–H groups in total. The van der Waals surface area contributed by atoms with Crippen molar-refractivity contribution in [3.05, 3.63) is 27.7 Å². The number of hydrogen-bond donors (Lipinski definition) is 0. The highest BCUT2D eigenvalue weighted by molar-refractivity contribution is 9.10. The van der Waals surface area contributed by atoms with E-state index < -0.39 is 17.8 Å². The Morgan fingerprint density at radius 3 is 2.58 bits per heavy atom. The first kappa shape index (κ1) is 9.51. The fourth-order valence-corrected chi connectivity index (χ4v) is 1.02. The van der Waals surface area contributed by atoms with Gasteiger partial charge in [-0.3, -0.25) is 0 Å². The first-order valence-corrected chi connectivity index (χ1v) is 3.92. The molecular weight excluding hydrogens is 235 g/mol. The van der Waals surface area contributed by atoms with Crippen LogP contribution in [-0.2, 0) is 0 Å². The minimum atomic E-state index is -2.82. The third-order valence-electron chi connectivity index (χ3n) is 1.44. The average molecular weight is 240 g/mol. The Bertz CT molecular complexity index is 301. The van der Waals surface area contributed by atoms with Gasteiger partial charge in [-0.05, 0) is 22.9 Å². The van der Waals surface area contributed by atoms with Gasteiger partial charge in [0.15, 0.2) is 0 Å². The van der Waals surface area contributed by atoms with Crippen molar-refractivity contribution in [2.24, 2.45) is 0 Å². The fraction of sp³-hybridized carbons (Fsp3) is 0.286. The van der Waals surface area contributed by atoms with Gasteiger partial charge in [0.1, 0.15) is 10.4 Å². The number of aromatic nitrogens is 1. The first-order valence-electron chi connectivity index (χ1n) is 3.12. The molecule has 0 radical (unpaired) electrons. The highest BCUT2D eigenvalue weighted by atomic mass is 79.9. The standard InChI is InChI=1S/C7H5BrF3N/c1-3-5(9)4(7(10)11)2-12-6(3)8/h2,7H,1H3. The Kier molecular flexibility index (Phi) is 2.72. The molecule has 12 heavy (non-hydrogen) atoms. The lowest BCUT2D eigenvalue weighted by atomic mass is 10.2. The van der Waals surface area contributed by atoms with Crippen molar-refractivity contribution >= 4 is 15.9 Å². The molecule has 1 heterocycles. The van der Waals surface area contributed by atoms with E-state index in [0.29, 0.717) is 0 Å². The fourth-order valence-electron chi connectivity index (χ4n) is 0.739. The normalized spacial score (nSPS) is 10.8. The Balaban J connectivity index is 3.27. The van der Waals surface area contributed by atoms with Crippen molar-refractivity contribution in [1.82, 2.24) is 4.98 Å². The molecule has 0 unspecified atom stereocenters. The zero-order chi connectivity index (χ0) is 9.30. The molecule has 0 aliphatic heterocycles. The first-order chi connectivity index (χ1) is 5.54. The van der Waals surface area contributed by atoms with E-state index >= 15 is 0 Å². The lowest BCUT2D eigenvalue weighted by Gasteiger charge is -2.04. The van der Waals surface area contributed by atoms with E-state index in [2.05, 4.69) is 20.9 Å². The van der Waals surface area contributed by atoms with Crippen LogP contribution in [0.1, 0.15) is 17.6 Å². The molecule has 1 rings (SSSR count). The SMILES string of the molecule is Cc1c(Br)ncc(C(F)F)c1F. The third kappa shape index (κ3) is 1.60. The van der Waals surface area contributed by atoms with Gasteiger partial charge in [0.25, 0.3) is 6.43 Å². The Labute approximate surface area is 75.7 Å². The second-order valence-corrected chi connectivity index (χ2v) is 3.00. The maximum Gasteiger partial charge on any atom is 0.268 e. The van der Waals surface area contributed by atoms with Crippen LogP contribution in [0.15, 0.2) is 10.8 Å². The quantitative estimate of drug-likeness (QED) is 0.686. The summed E-state index contributed by atoms with van der Waals surface area (Å²) in [5.74, 6) is -0.896. The maximum absolute atomic E-state index is 13.0. The van der Waals surface area contributed by atoms with Crippen molar-refractivity contribution < 1.29 is 13.2 Å². The summed E-state index contributed by atoms with van der Waals surface area (Å²) in [5, 5.41) is 0. The van der Waals surface area contributed by atoms with Gasteiger partial charge >= 0.3 is 0 Å². The van der Waals surface area contributed by atoms with E-state index in [1.54, 1.807) is 0 Å². The van der Waals surface area contributed by atoms with E-state index in [0.717, 1.165) is 6.20 Å². The van der Waals surface area contributed by atoms with Crippen LogP contribution in [0.5, 0.6) is 0 Å². The lowest BCUT2D eigenvalue weighted by Crippen LogP contribution is -1.96. The predicted octanol–water partition coefficient (Wildman–Crippen LogP) is 3.23. The number of halogens is 4. The van der Waals surface area contributed by atoms with E-state index in [1.807, 2.05) is 0 Å². The molecule has 0 saturated heterocycles. The summed E-state index contributed by atoms with van der Waals surface area (Å²) in [6, 6.07) is 0. The molecule has 0 aromatic carbocycles. The van der Waals surface area contributed by atoms with Crippen LogP contribution in [0.25, 0.3) is 0 Å². The summed E-state index contributed by atoms with van der Waals surface area (Å²) in [4.78, 5) is 3.56. The second kappa shape index (κ2) is 3.43. The van der Waals surface area contributed by atoms with Crippen molar-refractivity contribution in [1.29, 1.82) is 0 Å².